The van der Waals surface area contributed by atoms with Crippen LogP contribution in [-0.4, -0.2) is 24.9 Å². The van der Waals surface area contributed by atoms with Crippen LogP contribution in [-0.2, 0) is 16.2 Å². The fraction of sp³-hybridized carbons (Fsp3) is 0.324. The molecule has 6 heteroatoms. The van der Waals surface area contributed by atoms with Crippen LogP contribution in [0.3, 0.4) is 0 Å². The predicted octanol–water partition coefficient (Wildman–Crippen LogP) is 9.45. The van der Waals surface area contributed by atoms with Crippen molar-refractivity contribution in [1.82, 2.24) is 24.9 Å². The van der Waals surface area contributed by atoms with Gasteiger partial charge in [0.2, 0.25) is 0 Å². The van der Waals surface area contributed by atoms with Crippen LogP contribution in [0.2, 0.25) is 0 Å². The number of hydrogen-bond acceptors (Lipinski definition) is 6. The number of nitrogens with zero attached hydrogens (tertiary/aromatic N) is 5. The first-order valence-corrected chi connectivity index (χ1v) is 14.9. The fourth-order valence-electron chi connectivity index (χ4n) is 5.14. The van der Waals surface area contributed by atoms with Gasteiger partial charge in [0.15, 0.2) is 28.8 Å². The Morgan fingerprint density at radius 2 is 1.05 bits per heavy atom. The zero-order valence-corrected chi connectivity index (χ0v) is 26.6. The monoisotopic (exact) mass is 569 g/mol. The van der Waals surface area contributed by atoms with E-state index in [1.54, 1.807) is 0 Å². The second-order valence-corrected chi connectivity index (χ2v) is 14.4. The minimum absolute atomic E-state index is 0.0517. The molecule has 0 amide bonds. The molecule has 0 radical (unpaired) electrons. The maximum atomic E-state index is 6.80. The van der Waals surface area contributed by atoms with Gasteiger partial charge in [-0.3, -0.25) is 0 Å². The molecular weight excluding hydrogens is 530 g/mol. The number of rotatable bonds is 3. The lowest BCUT2D eigenvalue weighted by Gasteiger charge is -2.25. The summed E-state index contributed by atoms with van der Waals surface area (Å²) in [6.45, 7) is 19.8. The van der Waals surface area contributed by atoms with E-state index >= 15 is 0 Å². The van der Waals surface area contributed by atoms with E-state index in [9.17, 15) is 0 Å². The van der Waals surface area contributed by atoms with Gasteiger partial charge in [0, 0.05) is 27.5 Å². The van der Waals surface area contributed by atoms with Crippen LogP contribution < -0.4 is 0 Å². The largest absolute Gasteiger partial charge is 0.452 e. The molecule has 0 saturated heterocycles. The number of fused-ring (bicyclic) bond motifs is 3. The van der Waals surface area contributed by atoms with Gasteiger partial charge in [0.25, 0.3) is 0 Å². The van der Waals surface area contributed by atoms with E-state index in [1.807, 2.05) is 60.7 Å². The smallest absolute Gasteiger partial charge is 0.186 e. The summed E-state index contributed by atoms with van der Waals surface area (Å²) < 4.78 is 6.80. The van der Waals surface area contributed by atoms with Gasteiger partial charge in [-0.05, 0) is 22.5 Å². The molecule has 6 aromatic rings. The van der Waals surface area contributed by atoms with Crippen molar-refractivity contribution in [3.63, 3.8) is 0 Å². The Morgan fingerprint density at radius 1 is 0.512 bits per heavy atom. The molecule has 0 atom stereocenters. The summed E-state index contributed by atoms with van der Waals surface area (Å²) in [7, 11) is 0. The summed E-state index contributed by atoms with van der Waals surface area (Å²) in [5.41, 5.74) is 6.43. The van der Waals surface area contributed by atoms with E-state index in [1.165, 1.54) is 5.56 Å². The highest BCUT2D eigenvalue weighted by molar-refractivity contribution is 6.07. The summed E-state index contributed by atoms with van der Waals surface area (Å²) in [6.07, 6.45) is 0. The standard InChI is InChI=1S/C37H39N5O/c1-35(2,3)24-20-25-27-30(43-29(25)26(21-24)36(4,5)6)28(39-34(38-27)37(7,8)9)33-41-31(22-16-12-10-13-17-22)40-32(42-33)23-18-14-11-15-19-23/h10-21H,1-9H3. The van der Waals surface area contributed by atoms with Crippen LogP contribution in [0.25, 0.3) is 56.4 Å². The zero-order valence-electron chi connectivity index (χ0n) is 26.6. The van der Waals surface area contributed by atoms with Gasteiger partial charge in [-0.2, -0.15) is 0 Å². The molecule has 0 bridgehead atoms. The zero-order chi connectivity index (χ0) is 30.7. The lowest BCUT2D eigenvalue weighted by atomic mass is 9.79. The van der Waals surface area contributed by atoms with Crippen LogP contribution in [0.15, 0.2) is 77.2 Å². The number of hydrogen-bond donors (Lipinski definition) is 0. The summed E-state index contributed by atoms with van der Waals surface area (Å²) in [6, 6.07) is 24.5. The molecule has 6 rings (SSSR count). The van der Waals surface area contributed by atoms with E-state index in [0.29, 0.717) is 34.6 Å². The van der Waals surface area contributed by atoms with Crippen molar-refractivity contribution in [3.8, 4) is 34.3 Å². The third-order valence-corrected chi connectivity index (χ3v) is 7.67. The molecule has 218 valence electrons. The molecule has 3 aromatic carbocycles. The Bertz CT molecular complexity index is 1900. The SMILES string of the molecule is CC(C)(C)c1cc(C(C)(C)C)c2oc3c(-c4nc(-c5ccccc5)nc(-c5ccccc5)n4)nc(C(C)(C)C)nc3c2c1. The molecule has 0 fully saturated rings. The van der Waals surface area contributed by atoms with Gasteiger partial charge in [0.05, 0.1) is 0 Å². The van der Waals surface area contributed by atoms with E-state index in [0.717, 1.165) is 33.2 Å². The van der Waals surface area contributed by atoms with Gasteiger partial charge in [-0.25, -0.2) is 24.9 Å². The van der Waals surface area contributed by atoms with E-state index in [-0.39, 0.29) is 16.2 Å². The molecule has 0 unspecified atom stereocenters. The summed E-state index contributed by atoms with van der Waals surface area (Å²) in [4.78, 5) is 25.1. The van der Waals surface area contributed by atoms with Gasteiger partial charge in [0.1, 0.15) is 16.9 Å². The molecular formula is C37H39N5O. The normalized spacial score (nSPS) is 12.8. The van der Waals surface area contributed by atoms with Crippen LogP contribution >= 0.6 is 0 Å². The van der Waals surface area contributed by atoms with Crippen LogP contribution in [0.5, 0.6) is 0 Å². The molecule has 0 aliphatic rings. The topological polar surface area (TPSA) is 77.6 Å². The highest BCUT2D eigenvalue weighted by Crippen LogP contribution is 2.42. The van der Waals surface area contributed by atoms with Crippen molar-refractivity contribution in [3.05, 3.63) is 89.7 Å². The van der Waals surface area contributed by atoms with Gasteiger partial charge in [-0.1, -0.05) is 129 Å². The van der Waals surface area contributed by atoms with Crippen molar-refractivity contribution in [1.29, 1.82) is 0 Å². The Labute approximate surface area is 253 Å². The molecule has 0 spiro atoms. The van der Waals surface area contributed by atoms with Crippen molar-refractivity contribution in [2.24, 2.45) is 0 Å². The highest BCUT2D eigenvalue weighted by atomic mass is 16.3. The minimum atomic E-state index is -0.321. The number of benzene rings is 3. The maximum absolute atomic E-state index is 6.80. The molecule has 0 saturated carbocycles. The van der Waals surface area contributed by atoms with Crippen molar-refractivity contribution >= 4 is 22.1 Å². The predicted molar refractivity (Wildman–Crippen MR) is 175 cm³/mol. The van der Waals surface area contributed by atoms with Crippen LogP contribution in [0.1, 0.15) is 79.3 Å². The molecule has 0 N–H and O–H groups in total. The van der Waals surface area contributed by atoms with Gasteiger partial charge < -0.3 is 4.42 Å². The number of furan rings is 1. The molecule has 3 heterocycles. The van der Waals surface area contributed by atoms with E-state index in [2.05, 4.69) is 74.4 Å². The Hall–Kier alpha value is -4.45. The van der Waals surface area contributed by atoms with Gasteiger partial charge in [-0.15, -0.1) is 0 Å². The number of aromatic nitrogens is 5. The molecule has 0 aliphatic heterocycles. The average Bonchev–Trinajstić information content (AvgIpc) is 3.34. The van der Waals surface area contributed by atoms with Crippen molar-refractivity contribution in [2.45, 2.75) is 78.6 Å². The Balaban J connectivity index is 1.74. The van der Waals surface area contributed by atoms with Crippen LogP contribution in [0, 0.1) is 0 Å². The Kier molecular flexibility index (Phi) is 6.72. The molecule has 3 aromatic heterocycles. The van der Waals surface area contributed by atoms with Crippen LogP contribution in [0.4, 0.5) is 0 Å². The maximum Gasteiger partial charge on any atom is 0.186 e. The summed E-state index contributed by atoms with van der Waals surface area (Å²) in [5.74, 6) is 2.32. The van der Waals surface area contributed by atoms with Crippen molar-refractivity contribution in [2.75, 3.05) is 0 Å². The van der Waals surface area contributed by atoms with Gasteiger partial charge >= 0.3 is 0 Å². The fourth-order valence-corrected chi connectivity index (χ4v) is 5.14. The van der Waals surface area contributed by atoms with E-state index < -0.39 is 0 Å². The second-order valence-electron chi connectivity index (χ2n) is 14.4. The minimum Gasteiger partial charge on any atom is -0.452 e. The molecule has 43 heavy (non-hydrogen) atoms. The average molecular weight is 570 g/mol. The molecule has 6 nitrogen and oxygen atoms in total. The first-order chi connectivity index (χ1) is 20.2. The third-order valence-electron chi connectivity index (χ3n) is 7.67. The first-order valence-electron chi connectivity index (χ1n) is 14.9. The third kappa shape index (κ3) is 5.42. The second kappa shape index (κ2) is 10.1. The quantitative estimate of drug-likeness (QED) is 0.211. The highest BCUT2D eigenvalue weighted by Gasteiger charge is 2.30. The first kappa shape index (κ1) is 28.7. The summed E-state index contributed by atoms with van der Waals surface area (Å²) in [5, 5.41) is 0.988. The summed E-state index contributed by atoms with van der Waals surface area (Å²) >= 11 is 0. The van der Waals surface area contributed by atoms with Crippen molar-refractivity contribution < 1.29 is 4.42 Å². The lowest BCUT2D eigenvalue weighted by Crippen LogP contribution is -2.17. The lowest BCUT2D eigenvalue weighted by molar-refractivity contribution is 0.546. The Morgan fingerprint density at radius 3 is 1.53 bits per heavy atom. The van der Waals surface area contributed by atoms with E-state index in [4.69, 9.17) is 29.3 Å². The molecule has 0 aliphatic carbocycles.